The molecule has 2 heterocycles. The molecule has 18 heavy (non-hydrogen) atoms. The predicted octanol–water partition coefficient (Wildman–Crippen LogP) is 1.41. The first-order valence-electron chi connectivity index (χ1n) is 5.40. The molecule has 3 rings (SSSR count). The van der Waals surface area contributed by atoms with Gasteiger partial charge in [0.05, 0.1) is 0 Å². The Morgan fingerprint density at radius 3 is 2.89 bits per heavy atom. The van der Waals surface area contributed by atoms with Gasteiger partial charge in [-0.25, -0.2) is 4.98 Å². The number of carbonyl (C=O) groups excluding carboxylic acids is 1. The Bertz CT molecular complexity index is 556. The van der Waals surface area contributed by atoms with Gasteiger partial charge in [-0.15, -0.1) is 0 Å². The molecule has 1 aliphatic carbocycles. The Balaban J connectivity index is 1.95. The number of halogens is 1. The van der Waals surface area contributed by atoms with Crippen molar-refractivity contribution in [3.8, 4) is 5.75 Å². The summed E-state index contributed by atoms with van der Waals surface area (Å²) in [7, 11) is 0. The number of anilines is 1. The number of aliphatic carboxylic acids is 1. The Kier molecular flexibility index (Phi) is 2.34. The lowest BCUT2D eigenvalue weighted by Gasteiger charge is -2.28. The number of nitrogens with zero attached hydrogens (tertiary/aromatic N) is 1. The van der Waals surface area contributed by atoms with E-state index in [1.807, 2.05) is 0 Å². The van der Waals surface area contributed by atoms with Crippen LogP contribution in [0.25, 0.3) is 0 Å². The summed E-state index contributed by atoms with van der Waals surface area (Å²) in [5, 5.41) is 11.8. The van der Waals surface area contributed by atoms with Crippen molar-refractivity contribution in [2.45, 2.75) is 18.9 Å². The van der Waals surface area contributed by atoms with Crippen LogP contribution in [0, 0.1) is 5.41 Å². The number of hydrogen-bond acceptors (Lipinski definition) is 4. The van der Waals surface area contributed by atoms with Gasteiger partial charge in [0, 0.05) is 0 Å². The number of hydrogen-bond donors (Lipinski definition) is 2. The van der Waals surface area contributed by atoms with Crippen molar-refractivity contribution in [3.63, 3.8) is 0 Å². The van der Waals surface area contributed by atoms with Crippen molar-refractivity contribution in [2.75, 3.05) is 5.32 Å². The average molecular weight is 313 g/mol. The fraction of sp³-hybridized carbons (Fsp3) is 0.364. The summed E-state index contributed by atoms with van der Waals surface area (Å²) in [6.07, 6.45) is -0.0650. The number of aromatic nitrogens is 1. The highest BCUT2D eigenvalue weighted by molar-refractivity contribution is 9.10. The number of fused-ring (bicyclic) bond motifs is 1. The highest BCUT2D eigenvalue weighted by atomic mass is 79.9. The number of carbonyl (C=O) groups is 2. The highest BCUT2D eigenvalue weighted by Gasteiger charge is 2.61. The van der Waals surface area contributed by atoms with E-state index < -0.39 is 23.4 Å². The van der Waals surface area contributed by atoms with E-state index in [-0.39, 0.29) is 0 Å². The van der Waals surface area contributed by atoms with Crippen LogP contribution >= 0.6 is 15.9 Å². The van der Waals surface area contributed by atoms with Crippen LogP contribution in [0.1, 0.15) is 12.8 Å². The summed E-state index contributed by atoms with van der Waals surface area (Å²) >= 11 is 3.19. The molecular formula is C11H9BrN2O4. The van der Waals surface area contributed by atoms with Gasteiger partial charge in [0.25, 0.3) is 5.91 Å². The molecule has 0 saturated heterocycles. The zero-order valence-corrected chi connectivity index (χ0v) is 10.7. The fourth-order valence-electron chi connectivity index (χ4n) is 2.06. The third kappa shape index (κ3) is 1.58. The van der Waals surface area contributed by atoms with E-state index >= 15 is 0 Å². The molecule has 0 aromatic carbocycles. The van der Waals surface area contributed by atoms with Crippen LogP contribution in [0.2, 0.25) is 0 Å². The van der Waals surface area contributed by atoms with E-state index in [0.717, 1.165) is 0 Å². The van der Waals surface area contributed by atoms with Crippen molar-refractivity contribution in [1.29, 1.82) is 0 Å². The monoisotopic (exact) mass is 312 g/mol. The number of carboxylic acids is 1. The summed E-state index contributed by atoms with van der Waals surface area (Å²) in [6.45, 7) is 0. The summed E-state index contributed by atoms with van der Waals surface area (Å²) in [5.74, 6) is -0.730. The summed E-state index contributed by atoms with van der Waals surface area (Å²) in [4.78, 5) is 27.2. The SMILES string of the molecule is O=C1Nc2nc(Br)ccc2OC1C1(C(=O)O)CC1. The third-order valence-corrected chi connectivity index (χ3v) is 3.71. The third-order valence-electron chi connectivity index (χ3n) is 3.27. The molecule has 0 spiro atoms. The lowest BCUT2D eigenvalue weighted by molar-refractivity contribution is -0.151. The topological polar surface area (TPSA) is 88.5 Å². The number of pyridine rings is 1. The second-order valence-electron chi connectivity index (χ2n) is 4.43. The minimum atomic E-state index is -1.07. The van der Waals surface area contributed by atoms with Gasteiger partial charge in [0.1, 0.15) is 10.0 Å². The van der Waals surface area contributed by atoms with Gasteiger partial charge >= 0.3 is 5.97 Å². The number of nitrogens with one attached hydrogen (secondary N) is 1. The molecule has 2 aliphatic rings. The van der Waals surface area contributed by atoms with E-state index in [4.69, 9.17) is 4.74 Å². The van der Waals surface area contributed by atoms with Gasteiger partial charge in [0.15, 0.2) is 17.7 Å². The summed E-state index contributed by atoms with van der Waals surface area (Å²) < 4.78 is 6.08. The molecule has 94 valence electrons. The Morgan fingerprint density at radius 1 is 1.56 bits per heavy atom. The van der Waals surface area contributed by atoms with Crippen LogP contribution < -0.4 is 10.1 Å². The summed E-state index contributed by atoms with van der Waals surface area (Å²) in [6, 6.07) is 3.32. The Labute approximate surface area is 110 Å². The van der Waals surface area contributed by atoms with Crippen LogP contribution in [-0.2, 0) is 9.59 Å². The first-order chi connectivity index (χ1) is 8.53. The quantitative estimate of drug-likeness (QED) is 0.806. The van der Waals surface area contributed by atoms with Crippen LogP contribution in [0.3, 0.4) is 0 Å². The lowest BCUT2D eigenvalue weighted by Crippen LogP contribution is -2.47. The van der Waals surface area contributed by atoms with Gasteiger partial charge < -0.3 is 15.2 Å². The maximum Gasteiger partial charge on any atom is 0.313 e. The molecule has 2 N–H and O–H groups in total. The second-order valence-corrected chi connectivity index (χ2v) is 5.24. The van der Waals surface area contributed by atoms with Gasteiger partial charge in [-0.05, 0) is 40.9 Å². The minimum absolute atomic E-state index is 0.312. The number of ether oxygens (including phenoxy) is 1. The van der Waals surface area contributed by atoms with Crippen molar-refractivity contribution in [2.24, 2.45) is 5.41 Å². The average Bonchev–Trinajstić information content (AvgIpc) is 3.09. The molecule has 1 fully saturated rings. The van der Waals surface area contributed by atoms with Gasteiger partial charge in [0.2, 0.25) is 0 Å². The molecule has 1 atom stereocenters. The standard InChI is InChI=1S/C11H9BrN2O4/c12-6-2-1-5-8(13-6)14-9(15)7(18-5)11(3-4-11)10(16)17/h1-2,7H,3-4H2,(H,16,17)(H,13,14,15). The molecule has 0 bridgehead atoms. The van der Waals surface area contributed by atoms with E-state index in [0.29, 0.717) is 29.0 Å². The maximum atomic E-state index is 11.9. The van der Waals surface area contributed by atoms with Crippen LogP contribution in [0.5, 0.6) is 5.75 Å². The van der Waals surface area contributed by atoms with E-state index in [2.05, 4.69) is 26.2 Å². The molecule has 1 aromatic rings. The van der Waals surface area contributed by atoms with E-state index in [1.165, 1.54) is 0 Å². The minimum Gasteiger partial charge on any atom is -0.481 e. The van der Waals surface area contributed by atoms with Crippen molar-refractivity contribution >= 4 is 33.6 Å². The zero-order valence-electron chi connectivity index (χ0n) is 9.14. The number of amides is 1. The maximum absolute atomic E-state index is 11.9. The molecule has 6 nitrogen and oxygen atoms in total. The largest absolute Gasteiger partial charge is 0.481 e. The molecule has 1 unspecified atom stereocenters. The lowest BCUT2D eigenvalue weighted by atomic mass is 9.97. The molecule has 0 radical (unpaired) electrons. The van der Waals surface area contributed by atoms with Gasteiger partial charge in [-0.2, -0.15) is 0 Å². The normalized spacial score (nSPS) is 23.6. The van der Waals surface area contributed by atoms with Crippen LogP contribution in [0.15, 0.2) is 16.7 Å². The van der Waals surface area contributed by atoms with E-state index in [9.17, 15) is 14.7 Å². The molecule has 1 saturated carbocycles. The van der Waals surface area contributed by atoms with Crippen molar-refractivity contribution in [3.05, 3.63) is 16.7 Å². The first kappa shape index (κ1) is 11.5. The molecular weight excluding hydrogens is 304 g/mol. The summed E-state index contributed by atoms with van der Waals surface area (Å²) in [5.41, 5.74) is -1.07. The smallest absolute Gasteiger partial charge is 0.313 e. The number of rotatable bonds is 2. The zero-order chi connectivity index (χ0) is 12.9. The van der Waals surface area contributed by atoms with Crippen LogP contribution in [0.4, 0.5) is 5.82 Å². The first-order valence-corrected chi connectivity index (χ1v) is 6.20. The molecule has 1 amide bonds. The second kappa shape index (κ2) is 3.68. The van der Waals surface area contributed by atoms with E-state index in [1.54, 1.807) is 12.1 Å². The Hall–Kier alpha value is -1.63. The highest BCUT2D eigenvalue weighted by Crippen LogP contribution is 2.52. The predicted molar refractivity (Wildman–Crippen MR) is 64.3 cm³/mol. The van der Waals surface area contributed by atoms with Crippen molar-refractivity contribution in [1.82, 2.24) is 4.98 Å². The van der Waals surface area contributed by atoms with Gasteiger partial charge in [-0.1, -0.05) is 0 Å². The van der Waals surface area contributed by atoms with Crippen LogP contribution in [-0.4, -0.2) is 28.1 Å². The fourth-order valence-corrected chi connectivity index (χ4v) is 2.37. The molecule has 7 heteroatoms. The Morgan fingerprint density at radius 2 is 2.28 bits per heavy atom. The number of carboxylic acid groups (broad SMARTS) is 1. The molecule has 1 aromatic heterocycles. The molecule has 1 aliphatic heterocycles. The van der Waals surface area contributed by atoms with Crippen molar-refractivity contribution < 1.29 is 19.4 Å². The van der Waals surface area contributed by atoms with Gasteiger partial charge in [-0.3, -0.25) is 9.59 Å².